The highest BCUT2D eigenvalue weighted by Crippen LogP contribution is 2.49. The zero-order valence-electron chi connectivity index (χ0n) is 24.9. The van der Waals surface area contributed by atoms with Crippen LogP contribution in [0.4, 0.5) is 13.6 Å². The smallest absolute Gasteiger partial charge is 0.464 e. The lowest BCUT2D eigenvalue weighted by Crippen LogP contribution is -2.66. The van der Waals surface area contributed by atoms with Gasteiger partial charge in [0, 0.05) is 42.4 Å². The summed E-state index contributed by atoms with van der Waals surface area (Å²) in [6.45, 7) is 2.12. The van der Waals surface area contributed by atoms with Crippen molar-refractivity contribution < 1.29 is 41.8 Å². The fourth-order valence-electron chi connectivity index (χ4n) is 6.81. The zero-order chi connectivity index (χ0) is 32.6. The molecule has 47 heavy (non-hydrogen) atoms. The molecular weight excluding hydrogens is 618 g/mol. The Morgan fingerprint density at radius 3 is 2.60 bits per heavy atom. The molecular formula is C33H26F2N4O8. The van der Waals surface area contributed by atoms with E-state index in [9.17, 15) is 23.6 Å². The van der Waals surface area contributed by atoms with E-state index in [4.69, 9.17) is 18.6 Å². The molecule has 14 heteroatoms. The summed E-state index contributed by atoms with van der Waals surface area (Å²) in [6, 6.07) is 11.6. The highest BCUT2D eigenvalue weighted by atomic mass is 19.2. The molecule has 2 fully saturated rings. The fourth-order valence-corrected chi connectivity index (χ4v) is 6.81. The number of likely N-dealkylation sites (tertiary alicyclic amines) is 1. The molecule has 3 aliphatic heterocycles. The number of amides is 2. The van der Waals surface area contributed by atoms with Crippen molar-refractivity contribution in [3.05, 3.63) is 99.7 Å². The lowest BCUT2D eigenvalue weighted by molar-refractivity contribution is -0.139. The summed E-state index contributed by atoms with van der Waals surface area (Å²) < 4.78 is 54.6. The van der Waals surface area contributed by atoms with Gasteiger partial charge in [0.1, 0.15) is 18.0 Å². The number of aromatic nitrogens is 1. The summed E-state index contributed by atoms with van der Waals surface area (Å²) in [5, 5.41) is 1.74. The zero-order valence-corrected chi connectivity index (χ0v) is 24.9. The molecule has 0 radical (unpaired) electrons. The van der Waals surface area contributed by atoms with Gasteiger partial charge in [0.25, 0.3) is 5.91 Å². The standard InChI is InChI=1S/C33H26F2N4O8/c1-17(40)36-14-18(15-36)46-33(43)47-31-24(41)8-10-38-29(31)32(42)37-11-13-44-16-25(37)39(38)28-19-4-2-3-5-20(19)30-22(9-12-45-30)26-21(28)6-7-23(34)27(26)35/h2-10,12,18,25,28H,11,13-16H2,1H3/t25-,28-/m1/s1. The van der Waals surface area contributed by atoms with Crippen molar-refractivity contribution >= 4 is 18.0 Å². The van der Waals surface area contributed by atoms with Crippen LogP contribution in [0.15, 0.2) is 70.2 Å². The van der Waals surface area contributed by atoms with Crippen LogP contribution >= 0.6 is 0 Å². The van der Waals surface area contributed by atoms with Gasteiger partial charge in [-0.3, -0.25) is 24.1 Å². The first-order valence-electron chi connectivity index (χ1n) is 14.9. The Kier molecular flexibility index (Phi) is 6.65. The summed E-state index contributed by atoms with van der Waals surface area (Å²) in [7, 11) is 0. The van der Waals surface area contributed by atoms with Gasteiger partial charge in [-0.15, -0.1) is 0 Å². The summed E-state index contributed by atoms with van der Waals surface area (Å²) >= 11 is 0. The van der Waals surface area contributed by atoms with Crippen molar-refractivity contribution in [2.45, 2.75) is 25.2 Å². The van der Waals surface area contributed by atoms with E-state index in [0.29, 0.717) is 28.0 Å². The van der Waals surface area contributed by atoms with E-state index >= 15 is 4.39 Å². The number of furan rings is 1. The van der Waals surface area contributed by atoms with E-state index in [0.717, 1.165) is 12.1 Å². The number of hydrogen-bond acceptors (Lipinski definition) is 9. The molecule has 2 aromatic carbocycles. The lowest BCUT2D eigenvalue weighted by Gasteiger charge is -2.51. The topological polar surface area (TPSA) is 124 Å². The Bertz CT molecular complexity index is 2040. The number of fused-ring (bicyclic) bond motifs is 7. The number of morpholine rings is 1. The molecule has 2 aromatic heterocycles. The van der Waals surface area contributed by atoms with Crippen molar-refractivity contribution in [3.8, 4) is 28.2 Å². The predicted octanol–water partition coefficient (Wildman–Crippen LogP) is 3.65. The first-order chi connectivity index (χ1) is 22.7. The second-order valence-electron chi connectivity index (χ2n) is 11.6. The minimum Gasteiger partial charge on any atom is -0.464 e. The molecule has 2 saturated heterocycles. The second kappa shape index (κ2) is 10.8. The van der Waals surface area contributed by atoms with E-state index in [1.165, 1.54) is 39.9 Å². The Labute approximate surface area is 265 Å². The molecule has 4 aliphatic rings. The van der Waals surface area contributed by atoms with Crippen molar-refractivity contribution in [2.75, 3.05) is 37.9 Å². The van der Waals surface area contributed by atoms with Crippen LogP contribution in [0.25, 0.3) is 22.5 Å². The average Bonchev–Trinajstić information content (AvgIpc) is 3.48. The summed E-state index contributed by atoms with van der Waals surface area (Å²) in [6.07, 6.45) is 0.170. The Morgan fingerprint density at radius 2 is 1.79 bits per heavy atom. The molecule has 4 aromatic rings. The molecule has 0 bridgehead atoms. The van der Waals surface area contributed by atoms with Gasteiger partial charge in [-0.25, -0.2) is 13.6 Å². The number of carbonyl (C=O) groups is 3. The van der Waals surface area contributed by atoms with Gasteiger partial charge in [0.2, 0.25) is 17.1 Å². The monoisotopic (exact) mass is 644 g/mol. The fraction of sp³-hybridized carbons (Fsp3) is 0.273. The van der Waals surface area contributed by atoms with E-state index in [1.54, 1.807) is 29.3 Å². The molecule has 12 nitrogen and oxygen atoms in total. The maximum absolute atomic E-state index is 15.9. The molecule has 2 amide bonds. The van der Waals surface area contributed by atoms with E-state index in [-0.39, 0.29) is 50.0 Å². The SMILES string of the molecule is CC(=O)N1CC(OC(=O)Oc2c3n(ccc2=O)N([C@@H]2c4ccccc4-c4occc4-c4c2ccc(F)c4F)[C@@H]2COCCN2C3=O)C1. The summed E-state index contributed by atoms with van der Waals surface area (Å²) in [5.41, 5.74) is 0.940. The molecule has 2 atom stereocenters. The highest BCUT2D eigenvalue weighted by Gasteiger charge is 2.47. The van der Waals surface area contributed by atoms with Crippen molar-refractivity contribution in [1.29, 1.82) is 0 Å². The Hall–Kier alpha value is -5.50. The molecule has 5 heterocycles. The van der Waals surface area contributed by atoms with Gasteiger partial charge in [0.05, 0.1) is 38.6 Å². The van der Waals surface area contributed by atoms with Crippen LogP contribution in [0.1, 0.15) is 34.6 Å². The first-order valence-corrected chi connectivity index (χ1v) is 14.9. The van der Waals surface area contributed by atoms with Crippen LogP contribution in [0.2, 0.25) is 0 Å². The van der Waals surface area contributed by atoms with Crippen molar-refractivity contribution in [1.82, 2.24) is 14.5 Å². The minimum absolute atomic E-state index is 0.0159. The minimum atomic E-state index is -1.21. The summed E-state index contributed by atoms with van der Waals surface area (Å²) in [5.74, 6) is -3.11. The van der Waals surface area contributed by atoms with E-state index < -0.39 is 53.2 Å². The van der Waals surface area contributed by atoms with E-state index in [2.05, 4.69) is 0 Å². The van der Waals surface area contributed by atoms with Crippen molar-refractivity contribution in [2.24, 2.45) is 0 Å². The average molecular weight is 645 g/mol. The first kappa shape index (κ1) is 28.9. The molecule has 240 valence electrons. The van der Waals surface area contributed by atoms with Gasteiger partial charge >= 0.3 is 6.16 Å². The number of nitrogens with zero attached hydrogens (tertiary/aromatic N) is 4. The Morgan fingerprint density at radius 1 is 0.979 bits per heavy atom. The van der Waals surface area contributed by atoms with Crippen LogP contribution in [0, 0.1) is 11.6 Å². The third-order valence-corrected chi connectivity index (χ3v) is 9.02. The number of benzene rings is 2. The van der Waals surface area contributed by atoms with Crippen LogP contribution in [0.5, 0.6) is 5.75 Å². The molecule has 8 rings (SSSR count). The number of carbonyl (C=O) groups excluding carboxylic acids is 3. The Balaban J connectivity index is 1.30. The predicted molar refractivity (Wildman–Crippen MR) is 159 cm³/mol. The third-order valence-electron chi connectivity index (χ3n) is 9.02. The maximum Gasteiger partial charge on any atom is 0.514 e. The van der Waals surface area contributed by atoms with E-state index in [1.807, 2.05) is 6.07 Å². The molecule has 0 saturated carbocycles. The lowest BCUT2D eigenvalue weighted by atomic mass is 9.92. The normalized spacial score (nSPS) is 19.8. The van der Waals surface area contributed by atoms with Crippen LogP contribution < -0.4 is 15.2 Å². The van der Waals surface area contributed by atoms with Crippen LogP contribution in [-0.2, 0) is 14.3 Å². The molecule has 0 N–H and O–H groups in total. The number of halogens is 2. The quantitative estimate of drug-likeness (QED) is 0.308. The summed E-state index contributed by atoms with van der Waals surface area (Å²) in [4.78, 5) is 54.8. The number of ether oxygens (including phenoxy) is 3. The van der Waals surface area contributed by atoms with Gasteiger partial charge < -0.3 is 28.4 Å². The number of hydrogen-bond donors (Lipinski definition) is 0. The van der Waals surface area contributed by atoms with Crippen LogP contribution in [0.3, 0.4) is 0 Å². The molecule has 1 aliphatic carbocycles. The highest BCUT2D eigenvalue weighted by molar-refractivity contribution is 5.97. The molecule has 0 spiro atoms. The van der Waals surface area contributed by atoms with Crippen LogP contribution in [-0.4, -0.2) is 77.6 Å². The van der Waals surface area contributed by atoms with Crippen molar-refractivity contribution in [3.63, 3.8) is 0 Å². The second-order valence-corrected chi connectivity index (χ2v) is 11.6. The largest absolute Gasteiger partial charge is 0.514 e. The van der Waals surface area contributed by atoms with Gasteiger partial charge in [-0.05, 0) is 23.3 Å². The van der Waals surface area contributed by atoms with Gasteiger partial charge in [-0.1, -0.05) is 30.3 Å². The molecule has 0 unspecified atom stereocenters. The maximum atomic E-state index is 15.9. The number of pyridine rings is 1. The third kappa shape index (κ3) is 4.42. The van der Waals surface area contributed by atoms with Gasteiger partial charge in [0.15, 0.2) is 17.3 Å². The van der Waals surface area contributed by atoms with Gasteiger partial charge in [-0.2, -0.15) is 0 Å². The number of rotatable bonds is 3.